The van der Waals surface area contributed by atoms with Crippen molar-refractivity contribution in [2.75, 3.05) is 36.5 Å². The normalized spacial score (nSPS) is 22.1. The number of piperidine rings is 1. The number of benzene rings is 1. The van der Waals surface area contributed by atoms with Crippen molar-refractivity contribution in [1.82, 2.24) is 25.1 Å². The number of carbonyl (C=O) groups excluding carboxylic acids is 2. The van der Waals surface area contributed by atoms with Crippen LogP contribution in [0.4, 0.5) is 16.4 Å². The first-order valence-electron chi connectivity index (χ1n) is 15.7. The van der Waals surface area contributed by atoms with Gasteiger partial charge in [0.25, 0.3) is 0 Å². The summed E-state index contributed by atoms with van der Waals surface area (Å²) >= 11 is 0. The summed E-state index contributed by atoms with van der Waals surface area (Å²) in [4.78, 5) is 38.9. The van der Waals surface area contributed by atoms with Gasteiger partial charge in [-0.2, -0.15) is 0 Å². The minimum atomic E-state index is -0.572. The van der Waals surface area contributed by atoms with Crippen molar-refractivity contribution in [2.24, 2.45) is 11.1 Å². The van der Waals surface area contributed by atoms with Gasteiger partial charge in [-0.15, -0.1) is 5.10 Å². The van der Waals surface area contributed by atoms with Crippen LogP contribution in [0.1, 0.15) is 83.2 Å². The topological polar surface area (TPSA) is 141 Å². The fourth-order valence-electron chi connectivity index (χ4n) is 6.86. The molecule has 0 radical (unpaired) electrons. The maximum Gasteiger partial charge on any atom is 0.408 e. The van der Waals surface area contributed by atoms with Crippen molar-refractivity contribution < 1.29 is 19.1 Å². The second-order valence-electron chi connectivity index (χ2n) is 13.5. The maximum atomic E-state index is 12.9. The molecule has 4 heterocycles. The quantitative estimate of drug-likeness (QED) is 0.423. The van der Waals surface area contributed by atoms with Crippen LogP contribution in [0.2, 0.25) is 0 Å². The van der Waals surface area contributed by atoms with Crippen LogP contribution in [-0.4, -0.2) is 70.1 Å². The number of fused-ring (bicyclic) bond motifs is 2. The molecule has 44 heavy (non-hydrogen) atoms. The van der Waals surface area contributed by atoms with Crippen LogP contribution in [0.3, 0.4) is 0 Å². The standard InChI is InChI=1S/C32H44N8O4/c1-20(27(33)41)38(5)29-25-28(40(37-29)24-12-8-9-17-43-24)35-23(19-34-25)39-15-13-32(14-16-39)18-21-10-6-7-11-22(21)26(32)36-30(42)44-31(2,3)4/h6-7,10-11,19-20,24,26H,8-9,12-18H2,1-5H3,(H2,33,41)(H,36,42)/t20-,24?,26+/m0/s1. The Morgan fingerprint density at radius 1 is 1.20 bits per heavy atom. The summed E-state index contributed by atoms with van der Waals surface area (Å²) in [5.74, 6) is 0.884. The number of nitrogens with two attached hydrogens (primary N) is 1. The van der Waals surface area contributed by atoms with E-state index in [1.54, 1.807) is 25.1 Å². The number of primary amides is 1. The highest BCUT2D eigenvalue weighted by Crippen LogP contribution is 2.52. The summed E-state index contributed by atoms with van der Waals surface area (Å²) in [6.07, 6.45) is 6.69. The van der Waals surface area contributed by atoms with E-state index >= 15 is 0 Å². The second-order valence-corrected chi connectivity index (χ2v) is 13.5. The highest BCUT2D eigenvalue weighted by Gasteiger charge is 2.49. The molecule has 0 bridgehead atoms. The molecule has 6 rings (SSSR count). The number of aromatic nitrogens is 4. The van der Waals surface area contributed by atoms with Gasteiger partial charge in [-0.3, -0.25) is 4.79 Å². The number of ether oxygens (including phenoxy) is 2. The number of anilines is 2. The van der Waals surface area contributed by atoms with E-state index in [0.29, 0.717) is 23.6 Å². The third kappa shape index (κ3) is 5.67. The molecule has 2 fully saturated rings. The number of nitrogens with zero attached hydrogens (tertiary/aromatic N) is 6. The lowest BCUT2D eigenvalue weighted by atomic mass is 9.72. The minimum Gasteiger partial charge on any atom is -0.444 e. The van der Waals surface area contributed by atoms with E-state index in [-0.39, 0.29) is 23.8 Å². The molecule has 2 aliphatic heterocycles. The highest BCUT2D eigenvalue weighted by molar-refractivity contribution is 5.89. The molecule has 2 aromatic heterocycles. The summed E-state index contributed by atoms with van der Waals surface area (Å²) in [5, 5.41) is 8.09. The second kappa shape index (κ2) is 11.5. The highest BCUT2D eigenvalue weighted by atomic mass is 16.6. The van der Waals surface area contributed by atoms with Gasteiger partial charge < -0.3 is 30.3 Å². The Morgan fingerprint density at radius 2 is 1.95 bits per heavy atom. The Labute approximate surface area is 258 Å². The Bertz CT molecular complexity index is 1530. The van der Waals surface area contributed by atoms with Gasteiger partial charge in [0.05, 0.1) is 12.2 Å². The van der Waals surface area contributed by atoms with Crippen LogP contribution >= 0.6 is 0 Å². The lowest BCUT2D eigenvalue weighted by Gasteiger charge is -2.43. The summed E-state index contributed by atoms with van der Waals surface area (Å²) < 4.78 is 13.6. The smallest absolute Gasteiger partial charge is 0.408 e. The van der Waals surface area contributed by atoms with Crippen molar-refractivity contribution in [3.8, 4) is 0 Å². The molecule has 2 amide bonds. The van der Waals surface area contributed by atoms with Crippen molar-refractivity contribution in [2.45, 2.75) is 90.1 Å². The Morgan fingerprint density at radius 3 is 2.64 bits per heavy atom. The maximum absolute atomic E-state index is 12.9. The summed E-state index contributed by atoms with van der Waals surface area (Å²) in [7, 11) is 1.80. The number of likely N-dealkylation sites (N-methyl/N-ethyl adjacent to an activating group) is 1. The molecular weight excluding hydrogens is 560 g/mol. The van der Waals surface area contributed by atoms with Crippen LogP contribution in [0.5, 0.6) is 0 Å². The first kappa shape index (κ1) is 30.1. The molecule has 12 nitrogen and oxygen atoms in total. The third-order valence-corrected chi connectivity index (χ3v) is 9.39. The lowest BCUT2D eigenvalue weighted by Crippen LogP contribution is -2.48. The average molecular weight is 605 g/mol. The zero-order valence-corrected chi connectivity index (χ0v) is 26.4. The van der Waals surface area contributed by atoms with Crippen LogP contribution in [0.15, 0.2) is 30.5 Å². The molecule has 1 spiro atoms. The Kier molecular flexibility index (Phi) is 7.89. The molecule has 3 N–H and O–H groups in total. The molecule has 0 saturated carbocycles. The van der Waals surface area contributed by atoms with Crippen molar-refractivity contribution in [3.63, 3.8) is 0 Å². The van der Waals surface area contributed by atoms with Gasteiger partial charge in [-0.05, 0) is 77.3 Å². The number of hydrogen-bond donors (Lipinski definition) is 2. The van der Waals surface area contributed by atoms with Gasteiger partial charge in [0, 0.05) is 32.2 Å². The van der Waals surface area contributed by atoms with Gasteiger partial charge in [-0.1, -0.05) is 24.3 Å². The van der Waals surface area contributed by atoms with Crippen LogP contribution < -0.4 is 20.9 Å². The van der Waals surface area contributed by atoms with Gasteiger partial charge in [0.1, 0.15) is 17.5 Å². The van der Waals surface area contributed by atoms with Crippen molar-refractivity contribution in [1.29, 1.82) is 0 Å². The van der Waals surface area contributed by atoms with E-state index in [1.807, 2.05) is 31.5 Å². The number of hydrogen-bond acceptors (Lipinski definition) is 9. The van der Waals surface area contributed by atoms with E-state index in [2.05, 4.69) is 28.4 Å². The van der Waals surface area contributed by atoms with Gasteiger partial charge >= 0.3 is 6.09 Å². The molecule has 3 atom stereocenters. The molecule has 236 valence electrons. The predicted molar refractivity (Wildman–Crippen MR) is 167 cm³/mol. The zero-order valence-electron chi connectivity index (χ0n) is 26.4. The van der Waals surface area contributed by atoms with Crippen molar-refractivity contribution in [3.05, 3.63) is 41.6 Å². The minimum absolute atomic E-state index is 0.118. The summed E-state index contributed by atoms with van der Waals surface area (Å²) in [6, 6.07) is 7.71. The number of amides is 2. The van der Waals surface area contributed by atoms with E-state index < -0.39 is 17.6 Å². The van der Waals surface area contributed by atoms with E-state index in [0.717, 1.165) is 57.4 Å². The van der Waals surface area contributed by atoms with Crippen molar-refractivity contribution >= 4 is 34.8 Å². The Hall–Kier alpha value is -3.93. The Balaban J connectivity index is 1.27. The summed E-state index contributed by atoms with van der Waals surface area (Å²) in [6.45, 7) is 9.59. The molecular formula is C32H44N8O4. The fraction of sp³-hybridized carbons (Fsp3) is 0.594. The van der Waals surface area contributed by atoms with Crippen LogP contribution in [0.25, 0.3) is 11.2 Å². The van der Waals surface area contributed by atoms with E-state index in [1.165, 1.54) is 11.1 Å². The van der Waals surface area contributed by atoms with Crippen LogP contribution in [0, 0.1) is 5.41 Å². The summed E-state index contributed by atoms with van der Waals surface area (Å²) in [5.41, 5.74) is 8.62. The first-order valence-corrected chi connectivity index (χ1v) is 15.7. The fourth-order valence-corrected chi connectivity index (χ4v) is 6.86. The predicted octanol–water partition coefficient (Wildman–Crippen LogP) is 4.24. The molecule has 1 aromatic carbocycles. The molecule has 12 heteroatoms. The number of alkyl carbamates (subject to hydrolysis) is 1. The van der Waals surface area contributed by atoms with Gasteiger partial charge in [0.15, 0.2) is 23.2 Å². The molecule has 1 unspecified atom stereocenters. The average Bonchev–Trinajstić information content (AvgIpc) is 3.51. The first-order chi connectivity index (χ1) is 21.0. The molecule has 2 saturated heterocycles. The van der Waals surface area contributed by atoms with Gasteiger partial charge in [0.2, 0.25) is 5.91 Å². The number of rotatable bonds is 6. The lowest BCUT2D eigenvalue weighted by molar-refractivity contribution is -0.118. The molecule has 3 aromatic rings. The SMILES string of the molecule is C[C@@H](C(N)=O)N(C)c1nn(C2CCCCO2)c2nc(N3CCC4(CC3)Cc3ccccc3[C@H]4NC(=O)OC(C)(C)C)cnc12. The third-order valence-electron chi connectivity index (χ3n) is 9.39. The monoisotopic (exact) mass is 604 g/mol. The van der Waals surface area contributed by atoms with Crippen LogP contribution in [-0.2, 0) is 20.7 Å². The molecule has 3 aliphatic rings. The molecule has 1 aliphatic carbocycles. The zero-order chi connectivity index (χ0) is 31.2. The largest absolute Gasteiger partial charge is 0.444 e. The van der Waals surface area contributed by atoms with Gasteiger partial charge in [-0.25, -0.2) is 19.4 Å². The number of carbonyl (C=O) groups is 2. The number of nitrogens with one attached hydrogen (secondary N) is 1. The van der Waals surface area contributed by atoms with E-state index in [9.17, 15) is 9.59 Å². The van der Waals surface area contributed by atoms with E-state index in [4.69, 9.17) is 30.3 Å².